The van der Waals surface area contributed by atoms with E-state index < -0.39 is 0 Å². The Hall–Kier alpha value is -3.13. The molecule has 4 rings (SSSR count). The summed E-state index contributed by atoms with van der Waals surface area (Å²) in [6, 6.07) is 8.67. The van der Waals surface area contributed by atoms with Gasteiger partial charge in [0.15, 0.2) is 0 Å². The van der Waals surface area contributed by atoms with E-state index in [1.807, 2.05) is 19.9 Å². The molecule has 0 saturated carbocycles. The molecular formula is C23H25N3O4S. The maximum Gasteiger partial charge on any atom is 0.279 e. The van der Waals surface area contributed by atoms with Crippen LogP contribution < -0.4 is 15.6 Å². The second-order valence-corrected chi connectivity index (χ2v) is 9.07. The molecule has 2 N–H and O–H groups in total. The number of nitrogens with one attached hydrogen (secondary N) is 2. The second kappa shape index (κ2) is 8.93. The number of ether oxygens (including phenoxy) is 1. The Kier molecular flexibility index (Phi) is 6.08. The molecule has 162 valence electrons. The number of aromatic nitrogens is 1. The number of aryl methyl sites for hydroxylation is 3. The molecule has 31 heavy (non-hydrogen) atoms. The van der Waals surface area contributed by atoms with Crippen LogP contribution in [-0.4, -0.2) is 17.0 Å². The number of hydrogen-bond acceptors (Lipinski definition) is 6. The highest BCUT2D eigenvalue weighted by molar-refractivity contribution is 7.14. The number of hydrogen-bond donors (Lipinski definition) is 2. The zero-order valence-corrected chi connectivity index (χ0v) is 18.6. The molecule has 0 unspecified atom stereocenters. The third kappa shape index (κ3) is 4.80. The van der Waals surface area contributed by atoms with Crippen LogP contribution in [0.2, 0.25) is 0 Å². The van der Waals surface area contributed by atoms with Gasteiger partial charge in [-0.25, -0.2) is 0 Å². The first-order valence-corrected chi connectivity index (χ1v) is 11.1. The number of fused-ring (bicyclic) bond motifs is 1. The molecule has 2 heterocycles. The fourth-order valence-electron chi connectivity index (χ4n) is 3.63. The number of carbonyl (C=O) groups excluding carboxylic acids is 2. The van der Waals surface area contributed by atoms with Crippen LogP contribution in [0.5, 0.6) is 5.75 Å². The summed E-state index contributed by atoms with van der Waals surface area (Å²) in [4.78, 5) is 26.7. The smallest absolute Gasteiger partial charge is 0.279 e. The largest absolute Gasteiger partial charge is 0.489 e. The number of nitrogens with zero attached hydrogens (tertiary/aromatic N) is 1. The molecule has 1 aromatic carbocycles. The fraction of sp³-hybridized carbons (Fsp3) is 0.348. The molecule has 0 fully saturated rings. The molecular weight excluding hydrogens is 414 g/mol. The van der Waals surface area contributed by atoms with Crippen molar-refractivity contribution in [3.8, 4) is 5.75 Å². The van der Waals surface area contributed by atoms with Crippen LogP contribution >= 0.6 is 11.3 Å². The molecule has 1 aliphatic carbocycles. The van der Waals surface area contributed by atoms with Crippen molar-refractivity contribution in [1.29, 1.82) is 0 Å². The first-order valence-electron chi connectivity index (χ1n) is 10.3. The minimum Gasteiger partial charge on any atom is -0.489 e. The summed E-state index contributed by atoms with van der Waals surface area (Å²) < 4.78 is 10.9. The van der Waals surface area contributed by atoms with E-state index in [2.05, 4.69) is 22.9 Å². The maximum atomic E-state index is 12.4. The van der Waals surface area contributed by atoms with E-state index >= 15 is 0 Å². The molecule has 8 heteroatoms. The van der Waals surface area contributed by atoms with E-state index in [1.165, 1.54) is 21.8 Å². The Balaban J connectivity index is 1.30. The summed E-state index contributed by atoms with van der Waals surface area (Å²) in [5, 5.41) is 3.90. The van der Waals surface area contributed by atoms with Gasteiger partial charge in [-0.1, -0.05) is 12.1 Å². The van der Waals surface area contributed by atoms with Gasteiger partial charge in [0.2, 0.25) is 0 Å². The van der Waals surface area contributed by atoms with Crippen LogP contribution in [-0.2, 0) is 19.4 Å². The van der Waals surface area contributed by atoms with Gasteiger partial charge in [-0.05, 0) is 74.9 Å². The van der Waals surface area contributed by atoms with Crippen molar-refractivity contribution in [2.24, 2.45) is 5.92 Å². The number of carbonyl (C=O) groups is 2. The molecule has 3 aromatic rings. The van der Waals surface area contributed by atoms with Crippen LogP contribution in [0.1, 0.15) is 60.8 Å². The summed E-state index contributed by atoms with van der Waals surface area (Å²) in [7, 11) is 0. The van der Waals surface area contributed by atoms with Gasteiger partial charge in [0.1, 0.15) is 18.1 Å². The molecule has 1 aliphatic rings. The highest BCUT2D eigenvalue weighted by Crippen LogP contribution is 2.32. The number of amides is 2. The second-order valence-electron chi connectivity index (χ2n) is 7.93. The van der Waals surface area contributed by atoms with Gasteiger partial charge < -0.3 is 9.26 Å². The Bertz CT molecular complexity index is 1080. The summed E-state index contributed by atoms with van der Waals surface area (Å²) in [5.74, 6) is 1.32. The molecule has 0 radical (unpaired) electrons. The normalized spacial score (nSPS) is 15.3. The quantitative estimate of drug-likeness (QED) is 0.583. The van der Waals surface area contributed by atoms with Crippen LogP contribution in [0, 0.1) is 19.8 Å². The van der Waals surface area contributed by atoms with E-state index in [0.29, 0.717) is 28.7 Å². The van der Waals surface area contributed by atoms with Crippen molar-refractivity contribution in [2.75, 3.05) is 0 Å². The van der Waals surface area contributed by atoms with Crippen LogP contribution in [0.25, 0.3) is 0 Å². The van der Waals surface area contributed by atoms with E-state index in [9.17, 15) is 9.59 Å². The number of hydrazine groups is 1. The number of rotatable bonds is 5. The van der Waals surface area contributed by atoms with Gasteiger partial charge in [-0.3, -0.25) is 20.4 Å². The lowest BCUT2D eigenvalue weighted by atomic mass is 9.90. The molecule has 0 aliphatic heterocycles. The molecule has 0 spiro atoms. The maximum absolute atomic E-state index is 12.4. The van der Waals surface area contributed by atoms with Crippen molar-refractivity contribution >= 4 is 23.2 Å². The first-order chi connectivity index (χ1) is 14.9. The molecule has 0 bridgehead atoms. The van der Waals surface area contributed by atoms with Gasteiger partial charge in [-0.2, -0.15) is 0 Å². The van der Waals surface area contributed by atoms with Crippen molar-refractivity contribution in [3.63, 3.8) is 0 Å². The lowest BCUT2D eigenvalue weighted by molar-refractivity contribution is 0.0849. The first kappa shape index (κ1) is 21.1. The van der Waals surface area contributed by atoms with Crippen molar-refractivity contribution in [3.05, 3.63) is 68.2 Å². The third-order valence-corrected chi connectivity index (χ3v) is 6.76. The van der Waals surface area contributed by atoms with Crippen molar-refractivity contribution < 1.29 is 18.8 Å². The van der Waals surface area contributed by atoms with E-state index in [4.69, 9.17) is 9.26 Å². The average molecular weight is 440 g/mol. The third-order valence-electron chi connectivity index (χ3n) is 5.52. The van der Waals surface area contributed by atoms with Gasteiger partial charge in [0, 0.05) is 10.4 Å². The summed E-state index contributed by atoms with van der Waals surface area (Å²) in [5.41, 5.74) is 8.38. The van der Waals surface area contributed by atoms with Gasteiger partial charge in [0.05, 0.1) is 16.1 Å². The highest BCUT2D eigenvalue weighted by atomic mass is 32.1. The monoisotopic (exact) mass is 439 g/mol. The molecule has 2 amide bonds. The van der Waals surface area contributed by atoms with Gasteiger partial charge in [-0.15, -0.1) is 11.3 Å². The van der Waals surface area contributed by atoms with Crippen LogP contribution in [0.3, 0.4) is 0 Å². The lowest BCUT2D eigenvalue weighted by Crippen LogP contribution is -2.41. The topological polar surface area (TPSA) is 93.5 Å². The molecule has 7 nitrogen and oxygen atoms in total. The predicted molar refractivity (Wildman–Crippen MR) is 117 cm³/mol. The van der Waals surface area contributed by atoms with Crippen molar-refractivity contribution in [2.45, 2.75) is 46.6 Å². The van der Waals surface area contributed by atoms with Crippen LogP contribution in [0.4, 0.5) is 0 Å². The average Bonchev–Trinajstić information content (AvgIpc) is 3.33. The Morgan fingerprint density at radius 3 is 2.65 bits per heavy atom. The van der Waals surface area contributed by atoms with Crippen molar-refractivity contribution in [1.82, 2.24) is 16.0 Å². The van der Waals surface area contributed by atoms with E-state index in [0.717, 1.165) is 36.3 Å². The Morgan fingerprint density at radius 2 is 1.94 bits per heavy atom. The number of benzene rings is 1. The zero-order valence-electron chi connectivity index (χ0n) is 17.8. The zero-order chi connectivity index (χ0) is 22.0. The Labute approximate surface area is 184 Å². The minimum atomic E-state index is -0.388. The highest BCUT2D eigenvalue weighted by Gasteiger charge is 2.21. The Morgan fingerprint density at radius 1 is 1.19 bits per heavy atom. The molecule has 2 aromatic heterocycles. The van der Waals surface area contributed by atoms with E-state index in [-0.39, 0.29) is 11.8 Å². The summed E-state index contributed by atoms with van der Waals surface area (Å²) in [6.45, 7) is 6.27. The number of thiophene rings is 1. The predicted octanol–water partition coefficient (Wildman–Crippen LogP) is 4.13. The van der Waals surface area contributed by atoms with Gasteiger partial charge in [0.25, 0.3) is 11.8 Å². The van der Waals surface area contributed by atoms with Gasteiger partial charge >= 0.3 is 0 Å². The SMILES string of the molecule is Cc1noc(C)c1COc1ccc(C(=O)NNC(=O)c2cc3c(s2)CC[C@H](C)C3)cc1. The van der Waals surface area contributed by atoms with Crippen LogP contribution in [0.15, 0.2) is 34.9 Å². The fourth-order valence-corrected chi connectivity index (χ4v) is 4.73. The molecule has 0 saturated heterocycles. The lowest BCUT2D eigenvalue weighted by Gasteiger charge is -2.16. The molecule has 1 atom stereocenters. The minimum absolute atomic E-state index is 0.292. The summed E-state index contributed by atoms with van der Waals surface area (Å²) >= 11 is 1.51. The summed E-state index contributed by atoms with van der Waals surface area (Å²) in [6.07, 6.45) is 3.19. The van der Waals surface area contributed by atoms with E-state index in [1.54, 1.807) is 24.3 Å². The standard InChI is InChI=1S/C23H25N3O4S/c1-13-4-9-20-17(10-13)11-21(31-20)23(28)25-24-22(27)16-5-7-18(8-6-16)29-12-19-14(2)26-30-15(19)3/h5-8,11,13H,4,9-10,12H2,1-3H3,(H,24,27)(H,25,28)/t13-/m0/s1.